The third-order valence-corrected chi connectivity index (χ3v) is 2.81. The van der Waals surface area contributed by atoms with E-state index in [-0.39, 0.29) is 6.42 Å². The maximum absolute atomic E-state index is 13.4. The molecular formula is C14H17BrFNO4. The monoisotopic (exact) mass is 361 g/mol. The molecule has 5 nitrogen and oxygen atoms in total. The molecular weight excluding hydrogens is 345 g/mol. The van der Waals surface area contributed by atoms with Crippen LogP contribution in [0.1, 0.15) is 38.8 Å². The van der Waals surface area contributed by atoms with Crippen molar-refractivity contribution in [1.29, 1.82) is 0 Å². The Balaban J connectivity index is 2.95. The number of rotatable bonds is 4. The maximum Gasteiger partial charge on any atom is 0.408 e. The average Bonchev–Trinajstić information content (AvgIpc) is 2.23. The molecule has 1 aromatic rings. The molecule has 2 N–H and O–H groups in total. The van der Waals surface area contributed by atoms with E-state index in [4.69, 9.17) is 9.84 Å². The Morgan fingerprint density at radius 2 is 2.00 bits per heavy atom. The summed E-state index contributed by atoms with van der Waals surface area (Å²) in [4.78, 5) is 22.7. The molecule has 0 saturated heterocycles. The lowest BCUT2D eigenvalue weighted by Gasteiger charge is -2.23. The van der Waals surface area contributed by atoms with Crippen molar-refractivity contribution >= 4 is 28.0 Å². The summed E-state index contributed by atoms with van der Waals surface area (Å²) < 4.78 is 19.0. The Kier molecular flexibility index (Phi) is 5.71. The van der Waals surface area contributed by atoms with Crippen molar-refractivity contribution in [3.8, 4) is 0 Å². The maximum atomic E-state index is 13.4. The van der Waals surface area contributed by atoms with Gasteiger partial charge in [0.2, 0.25) is 0 Å². The molecule has 116 valence electrons. The Morgan fingerprint density at radius 3 is 2.48 bits per heavy atom. The molecule has 1 atom stereocenters. The van der Waals surface area contributed by atoms with Gasteiger partial charge in [0.25, 0.3) is 0 Å². The van der Waals surface area contributed by atoms with Gasteiger partial charge in [0.1, 0.15) is 11.4 Å². The summed E-state index contributed by atoms with van der Waals surface area (Å²) >= 11 is 3.13. The van der Waals surface area contributed by atoms with Gasteiger partial charge in [-0.05, 0) is 44.5 Å². The van der Waals surface area contributed by atoms with E-state index in [2.05, 4.69) is 21.2 Å². The van der Waals surface area contributed by atoms with Gasteiger partial charge in [0.05, 0.1) is 12.5 Å². The molecule has 1 aromatic carbocycles. The van der Waals surface area contributed by atoms with Crippen molar-refractivity contribution in [2.75, 3.05) is 0 Å². The van der Waals surface area contributed by atoms with Crippen LogP contribution in [0.4, 0.5) is 9.18 Å². The molecule has 0 unspecified atom stereocenters. The number of benzene rings is 1. The van der Waals surface area contributed by atoms with Crippen LogP contribution in [0.25, 0.3) is 0 Å². The van der Waals surface area contributed by atoms with E-state index < -0.39 is 29.5 Å². The summed E-state index contributed by atoms with van der Waals surface area (Å²) in [6.45, 7) is 5.08. The highest BCUT2D eigenvalue weighted by molar-refractivity contribution is 9.10. The summed E-state index contributed by atoms with van der Waals surface area (Å²) in [7, 11) is 0. The molecule has 0 fully saturated rings. The second kappa shape index (κ2) is 6.89. The number of nitrogens with one attached hydrogen (secondary N) is 1. The summed E-state index contributed by atoms with van der Waals surface area (Å²) in [6, 6.07) is 3.09. The first-order chi connectivity index (χ1) is 9.56. The summed E-state index contributed by atoms with van der Waals surface area (Å²) in [5.74, 6) is -1.64. The van der Waals surface area contributed by atoms with E-state index in [0.717, 1.165) is 0 Å². The van der Waals surface area contributed by atoms with Gasteiger partial charge in [-0.25, -0.2) is 9.18 Å². The quantitative estimate of drug-likeness (QED) is 0.858. The molecule has 0 aliphatic carbocycles. The smallest absolute Gasteiger partial charge is 0.408 e. The Hall–Kier alpha value is -1.63. The Labute approximate surface area is 130 Å². The molecule has 0 aliphatic rings. The minimum atomic E-state index is -1.11. The lowest BCUT2D eigenvalue weighted by Crippen LogP contribution is -2.35. The molecule has 0 aromatic heterocycles. The number of aliphatic carboxylic acids is 1. The van der Waals surface area contributed by atoms with Crippen molar-refractivity contribution < 1.29 is 23.8 Å². The number of amides is 1. The van der Waals surface area contributed by atoms with Crippen molar-refractivity contribution in [3.05, 3.63) is 34.1 Å². The van der Waals surface area contributed by atoms with E-state index in [1.54, 1.807) is 26.8 Å². The van der Waals surface area contributed by atoms with Crippen LogP contribution < -0.4 is 5.32 Å². The minimum absolute atomic E-state index is 0.343. The van der Waals surface area contributed by atoms with Gasteiger partial charge in [0, 0.05) is 4.47 Å². The number of hydrogen-bond donors (Lipinski definition) is 2. The number of carboxylic acids is 1. The molecule has 1 amide bonds. The number of carboxylic acid groups (broad SMARTS) is 1. The number of halogens is 2. The van der Waals surface area contributed by atoms with Crippen LogP contribution in [0.3, 0.4) is 0 Å². The number of carbonyl (C=O) groups excluding carboxylic acids is 1. The predicted octanol–water partition coefficient (Wildman–Crippen LogP) is 3.63. The molecule has 7 heteroatoms. The molecule has 1 rings (SSSR count). The first-order valence-corrected chi connectivity index (χ1v) is 7.03. The standard InChI is InChI=1S/C14H17BrFNO4/c1-14(2,3)21-13(20)17-11(7-12(18)19)8-4-9(15)6-10(16)5-8/h4-6,11H,7H2,1-3H3,(H,17,20)(H,18,19)/t11-/m0/s1. The van der Waals surface area contributed by atoms with Crippen LogP contribution in [0, 0.1) is 5.82 Å². The highest BCUT2D eigenvalue weighted by Crippen LogP contribution is 2.23. The molecule has 0 radical (unpaired) electrons. The van der Waals surface area contributed by atoms with Crippen LogP contribution in [0.5, 0.6) is 0 Å². The second-order valence-corrected chi connectivity index (χ2v) is 6.42. The van der Waals surface area contributed by atoms with Crippen LogP contribution in [-0.4, -0.2) is 22.8 Å². The van der Waals surface area contributed by atoms with Crippen molar-refractivity contribution in [1.82, 2.24) is 5.32 Å². The summed E-state index contributed by atoms with van der Waals surface area (Å²) in [5, 5.41) is 11.4. The third kappa shape index (κ3) is 6.57. The fourth-order valence-corrected chi connectivity index (χ4v) is 2.14. The van der Waals surface area contributed by atoms with E-state index >= 15 is 0 Å². The first kappa shape index (κ1) is 17.4. The predicted molar refractivity (Wildman–Crippen MR) is 78.5 cm³/mol. The van der Waals surface area contributed by atoms with Gasteiger partial charge in [-0.2, -0.15) is 0 Å². The molecule has 0 saturated carbocycles. The molecule has 0 aliphatic heterocycles. The molecule has 21 heavy (non-hydrogen) atoms. The molecule has 0 spiro atoms. The van der Waals surface area contributed by atoms with Crippen LogP contribution in [0.2, 0.25) is 0 Å². The van der Waals surface area contributed by atoms with E-state index in [1.807, 2.05) is 0 Å². The Morgan fingerprint density at radius 1 is 1.38 bits per heavy atom. The minimum Gasteiger partial charge on any atom is -0.481 e. The fraction of sp³-hybridized carbons (Fsp3) is 0.429. The number of ether oxygens (including phenoxy) is 1. The zero-order chi connectivity index (χ0) is 16.2. The van der Waals surface area contributed by atoms with Gasteiger partial charge < -0.3 is 15.2 Å². The van der Waals surface area contributed by atoms with Crippen LogP contribution in [0.15, 0.2) is 22.7 Å². The van der Waals surface area contributed by atoms with E-state index in [1.165, 1.54) is 12.1 Å². The lowest BCUT2D eigenvalue weighted by atomic mass is 10.0. The van der Waals surface area contributed by atoms with E-state index in [9.17, 15) is 14.0 Å². The third-order valence-electron chi connectivity index (χ3n) is 2.36. The largest absolute Gasteiger partial charge is 0.481 e. The van der Waals surface area contributed by atoms with Crippen LogP contribution >= 0.6 is 15.9 Å². The van der Waals surface area contributed by atoms with Crippen molar-refractivity contribution in [2.24, 2.45) is 0 Å². The number of hydrogen-bond acceptors (Lipinski definition) is 3. The van der Waals surface area contributed by atoms with Gasteiger partial charge in [-0.3, -0.25) is 4.79 Å². The van der Waals surface area contributed by atoms with E-state index in [0.29, 0.717) is 10.0 Å². The van der Waals surface area contributed by atoms with Crippen molar-refractivity contribution in [3.63, 3.8) is 0 Å². The second-order valence-electron chi connectivity index (χ2n) is 5.50. The Bertz CT molecular complexity index is 522. The molecule has 0 bridgehead atoms. The first-order valence-electron chi connectivity index (χ1n) is 6.24. The van der Waals surface area contributed by atoms with Gasteiger partial charge in [-0.1, -0.05) is 15.9 Å². The zero-order valence-corrected chi connectivity index (χ0v) is 13.5. The van der Waals surface area contributed by atoms with Gasteiger partial charge in [-0.15, -0.1) is 0 Å². The number of carbonyl (C=O) groups is 2. The lowest BCUT2D eigenvalue weighted by molar-refractivity contribution is -0.137. The van der Waals surface area contributed by atoms with Crippen molar-refractivity contribution in [2.45, 2.75) is 38.8 Å². The topological polar surface area (TPSA) is 75.6 Å². The highest BCUT2D eigenvalue weighted by atomic mass is 79.9. The summed E-state index contributed by atoms with van der Waals surface area (Å²) in [5.41, 5.74) is -0.365. The number of alkyl carbamates (subject to hydrolysis) is 1. The SMILES string of the molecule is CC(C)(C)OC(=O)N[C@@H](CC(=O)O)c1cc(F)cc(Br)c1. The van der Waals surface area contributed by atoms with Crippen LogP contribution in [-0.2, 0) is 9.53 Å². The van der Waals surface area contributed by atoms with Gasteiger partial charge >= 0.3 is 12.1 Å². The summed E-state index contributed by atoms with van der Waals surface area (Å²) in [6.07, 6.45) is -1.14. The zero-order valence-electron chi connectivity index (χ0n) is 11.9. The fourth-order valence-electron chi connectivity index (χ4n) is 1.65. The normalized spacial score (nSPS) is 12.6. The average molecular weight is 362 g/mol. The molecule has 0 heterocycles. The highest BCUT2D eigenvalue weighted by Gasteiger charge is 2.23. The van der Waals surface area contributed by atoms with Gasteiger partial charge in [0.15, 0.2) is 0 Å².